The average molecular weight is 266 g/mol. The Labute approximate surface area is 113 Å². The third-order valence-corrected chi connectivity index (χ3v) is 2.38. The number of rotatable bonds is 4. The Morgan fingerprint density at radius 2 is 1.95 bits per heavy atom. The minimum atomic E-state index is -0.569. The molecule has 0 saturated carbocycles. The first-order chi connectivity index (χ1) is 8.81. The van der Waals surface area contributed by atoms with E-state index in [4.69, 9.17) is 10.5 Å². The van der Waals surface area contributed by atoms with Gasteiger partial charge >= 0.3 is 6.09 Å². The molecule has 0 aliphatic heterocycles. The van der Waals surface area contributed by atoms with Crippen molar-refractivity contribution in [3.05, 3.63) is 29.8 Å². The molecule has 4 N–H and O–H groups in total. The van der Waals surface area contributed by atoms with Gasteiger partial charge in [0.2, 0.25) is 0 Å². The monoisotopic (exact) mass is 266 g/mol. The highest BCUT2D eigenvalue weighted by atomic mass is 16.6. The number of amides is 1. The number of aliphatic hydroxyl groups is 1. The molecule has 1 atom stereocenters. The summed E-state index contributed by atoms with van der Waals surface area (Å²) in [7, 11) is 0. The molecule has 0 radical (unpaired) electrons. The predicted molar refractivity (Wildman–Crippen MR) is 74.9 cm³/mol. The van der Waals surface area contributed by atoms with Crippen LogP contribution in [-0.4, -0.2) is 23.3 Å². The molecule has 5 nitrogen and oxygen atoms in total. The van der Waals surface area contributed by atoms with E-state index >= 15 is 0 Å². The largest absolute Gasteiger partial charge is 0.444 e. The number of nitrogens with two attached hydrogens (primary N) is 1. The fourth-order valence-corrected chi connectivity index (χ4v) is 1.53. The fraction of sp³-hybridized carbons (Fsp3) is 0.500. The molecule has 19 heavy (non-hydrogen) atoms. The molecule has 1 amide bonds. The highest BCUT2D eigenvalue weighted by Crippen LogP contribution is 2.19. The molecule has 106 valence electrons. The fourth-order valence-electron chi connectivity index (χ4n) is 1.53. The lowest BCUT2D eigenvalue weighted by Gasteiger charge is -2.19. The van der Waals surface area contributed by atoms with E-state index in [1.165, 1.54) is 0 Å². The van der Waals surface area contributed by atoms with Gasteiger partial charge in [0.1, 0.15) is 5.60 Å². The van der Waals surface area contributed by atoms with Crippen LogP contribution in [0.15, 0.2) is 24.3 Å². The van der Waals surface area contributed by atoms with Crippen LogP contribution in [0.2, 0.25) is 0 Å². The van der Waals surface area contributed by atoms with E-state index in [2.05, 4.69) is 5.32 Å². The molecule has 0 unspecified atom stereocenters. The highest BCUT2D eigenvalue weighted by molar-refractivity contribution is 5.84. The zero-order chi connectivity index (χ0) is 14.5. The number of carbonyl (C=O) groups is 1. The average Bonchev–Trinajstić information content (AvgIpc) is 2.27. The summed E-state index contributed by atoms with van der Waals surface area (Å²) >= 11 is 0. The molecular formula is C14H22N2O3. The Morgan fingerprint density at radius 1 is 1.37 bits per heavy atom. The number of hydrogen-bond acceptors (Lipinski definition) is 4. The summed E-state index contributed by atoms with van der Waals surface area (Å²) in [4.78, 5) is 11.6. The van der Waals surface area contributed by atoms with Crippen LogP contribution in [0.5, 0.6) is 0 Å². The van der Waals surface area contributed by atoms with Gasteiger partial charge in [-0.15, -0.1) is 0 Å². The van der Waals surface area contributed by atoms with Gasteiger partial charge in [-0.3, -0.25) is 5.32 Å². The quantitative estimate of drug-likeness (QED) is 0.781. The Bertz CT molecular complexity index is 410. The first-order valence-electron chi connectivity index (χ1n) is 6.30. The molecule has 0 fully saturated rings. The van der Waals surface area contributed by atoms with Crippen LogP contribution in [0.4, 0.5) is 10.5 Å². The van der Waals surface area contributed by atoms with Gasteiger partial charge in [-0.05, 0) is 51.4 Å². The zero-order valence-electron chi connectivity index (χ0n) is 11.6. The number of benzene rings is 1. The smallest absolute Gasteiger partial charge is 0.412 e. The van der Waals surface area contributed by atoms with Gasteiger partial charge in [-0.1, -0.05) is 12.1 Å². The van der Waals surface area contributed by atoms with E-state index in [1.54, 1.807) is 45.0 Å². The Morgan fingerprint density at radius 3 is 2.42 bits per heavy atom. The van der Waals surface area contributed by atoms with E-state index in [9.17, 15) is 9.90 Å². The summed E-state index contributed by atoms with van der Waals surface area (Å²) < 4.78 is 5.14. The number of carbonyl (C=O) groups excluding carboxylic acids is 1. The maximum atomic E-state index is 11.6. The maximum absolute atomic E-state index is 11.6. The van der Waals surface area contributed by atoms with Gasteiger partial charge in [0.15, 0.2) is 0 Å². The molecule has 1 aromatic rings. The number of nitrogens with one attached hydrogen (secondary N) is 1. The van der Waals surface area contributed by atoms with Crippen molar-refractivity contribution < 1.29 is 14.6 Å². The summed E-state index contributed by atoms with van der Waals surface area (Å²) in [6.45, 7) is 5.84. The van der Waals surface area contributed by atoms with Gasteiger partial charge in [0.25, 0.3) is 0 Å². The Balaban J connectivity index is 2.59. The topological polar surface area (TPSA) is 84.6 Å². The normalized spacial score (nSPS) is 12.9. The summed E-state index contributed by atoms with van der Waals surface area (Å²) in [5, 5.41) is 12.4. The minimum absolute atomic E-state index is 0.430. The van der Waals surface area contributed by atoms with Gasteiger partial charge in [0, 0.05) is 5.69 Å². The number of aliphatic hydroxyl groups excluding tert-OH is 1. The molecule has 0 heterocycles. The van der Waals surface area contributed by atoms with E-state index in [0.717, 1.165) is 5.56 Å². The molecule has 0 saturated heterocycles. The standard InChI is InChI=1S/C14H22N2O3/c1-14(2,3)19-13(18)16-11-6-4-10(5-7-11)12(17)8-9-15/h4-7,12,17H,8-9,15H2,1-3H3,(H,16,18)/t12-/m0/s1. The van der Waals surface area contributed by atoms with Crippen molar-refractivity contribution in [3.63, 3.8) is 0 Å². The molecule has 0 bridgehead atoms. The van der Waals surface area contributed by atoms with Crippen molar-refractivity contribution in [3.8, 4) is 0 Å². The molecule has 0 spiro atoms. The highest BCUT2D eigenvalue weighted by Gasteiger charge is 2.16. The second kappa shape index (κ2) is 6.54. The molecular weight excluding hydrogens is 244 g/mol. The second-order valence-corrected chi connectivity index (χ2v) is 5.34. The lowest BCUT2D eigenvalue weighted by atomic mass is 10.1. The van der Waals surface area contributed by atoms with Crippen molar-refractivity contribution in [1.82, 2.24) is 0 Å². The molecule has 0 aliphatic carbocycles. The zero-order valence-corrected chi connectivity index (χ0v) is 11.6. The first kappa shape index (κ1) is 15.5. The van der Waals surface area contributed by atoms with Crippen LogP contribution in [0.1, 0.15) is 38.9 Å². The van der Waals surface area contributed by atoms with Crippen molar-refractivity contribution in [1.29, 1.82) is 0 Å². The van der Waals surface area contributed by atoms with E-state index < -0.39 is 17.8 Å². The number of ether oxygens (including phenoxy) is 1. The van der Waals surface area contributed by atoms with Crippen molar-refractivity contribution in [2.75, 3.05) is 11.9 Å². The Kier molecular flexibility index (Phi) is 5.32. The summed E-state index contributed by atoms with van der Waals surface area (Å²) in [6, 6.07) is 6.96. The summed E-state index contributed by atoms with van der Waals surface area (Å²) in [5.74, 6) is 0. The molecule has 1 rings (SSSR count). The van der Waals surface area contributed by atoms with Gasteiger partial charge in [0.05, 0.1) is 6.10 Å². The SMILES string of the molecule is CC(C)(C)OC(=O)Nc1ccc([C@@H](O)CCN)cc1. The van der Waals surface area contributed by atoms with E-state index in [0.29, 0.717) is 18.7 Å². The minimum Gasteiger partial charge on any atom is -0.444 e. The van der Waals surface area contributed by atoms with E-state index in [1.807, 2.05) is 0 Å². The first-order valence-corrected chi connectivity index (χ1v) is 6.30. The predicted octanol–water partition coefficient (Wildman–Crippen LogP) is 2.42. The van der Waals surface area contributed by atoms with Crippen LogP contribution in [0, 0.1) is 0 Å². The van der Waals surface area contributed by atoms with Crippen molar-refractivity contribution in [2.24, 2.45) is 5.73 Å². The maximum Gasteiger partial charge on any atom is 0.412 e. The number of hydrogen-bond donors (Lipinski definition) is 3. The van der Waals surface area contributed by atoms with Crippen LogP contribution < -0.4 is 11.1 Å². The van der Waals surface area contributed by atoms with Crippen molar-refractivity contribution in [2.45, 2.75) is 38.9 Å². The molecule has 5 heteroatoms. The summed E-state index contributed by atoms with van der Waals surface area (Å²) in [5.41, 5.74) is 6.26. The second-order valence-electron chi connectivity index (χ2n) is 5.34. The van der Waals surface area contributed by atoms with Crippen molar-refractivity contribution >= 4 is 11.8 Å². The molecule has 1 aromatic carbocycles. The van der Waals surface area contributed by atoms with E-state index in [-0.39, 0.29) is 0 Å². The van der Waals surface area contributed by atoms with Crippen LogP contribution in [-0.2, 0) is 4.74 Å². The third kappa shape index (κ3) is 5.72. The molecule has 0 aromatic heterocycles. The van der Waals surface area contributed by atoms with Crippen LogP contribution in [0.25, 0.3) is 0 Å². The van der Waals surface area contributed by atoms with Crippen LogP contribution >= 0.6 is 0 Å². The Hall–Kier alpha value is -1.59. The summed E-state index contributed by atoms with van der Waals surface area (Å²) in [6.07, 6.45) is -0.554. The molecule has 0 aliphatic rings. The third-order valence-electron chi connectivity index (χ3n) is 2.38. The van der Waals surface area contributed by atoms with Crippen LogP contribution in [0.3, 0.4) is 0 Å². The van der Waals surface area contributed by atoms with Gasteiger partial charge < -0.3 is 15.6 Å². The lowest BCUT2D eigenvalue weighted by molar-refractivity contribution is 0.0636. The van der Waals surface area contributed by atoms with Gasteiger partial charge in [-0.2, -0.15) is 0 Å². The lowest BCUT2D eigenvalue weighted by Crippen LogP contribution is -2.27. The number of anilines is 1. The van der Waals surface area contributed by atoms with Gasteiger partial charge in [-0.25, -0.2) is 4.79 Å².